The number of thiophene rings is 1. The molecule has 0 aliphatic carbocycles. The zero-order valence-electron chi connectivity index (χ0n) is 18.4. The molecule has 9 nitrogen and oxygen atoms in total. The maximum atomic E-state index is 12.4. The fourth-order valence-corrected chi connectivity index (χ4v) is 5.00. The summed E-state index contributed by atoms with van der Waals surface area (Å²) in [4.78, 5) is 11.0. The highest BCUT2D eigenvalue weighted by molar-refractivity contribution is 7.92. The number of hydrogen-bond acceptors (Lipinski definition) is 10. The summed E-state index contributed by atoms with van der Waals surface area (Å²) >= 11 is 1.57. The number of nitrogens with one attached hydrogen (secondary N) is 1. The van der Waals surface area contributed by atoms with E-state index in [0.29, 0.717) is 17.1 Å². The lowest BCUT2D eigenvalue weighted by Gasteiger charge is -2.09. The molecule has 4 rings (SSSR count). The Morgan fingerprint density at radius 3 is 2.55 bits per heavy atom. The van der Waals surface area contributed by atoms with Gasteiger partial charge in [-0.2, -0.15) is 0 Å². The van der Waals surface area contributed by atoms with Crippen LogP contribution in [0.25, 0.3) is 33.6 Å². The highest BCUT2D eigenvalue weighted by Gasteiger charge is 2.20. The van der Waals surface area contributed by atoms with E-state index < -0.39 is 15.1 Å². The zero-order chi connectivity index (χ0) is 23.6. The van der Waals surface area contributed by atoms with Crippen molar-refractivity contribution in [1.82, 2.24) is 25.5 Å². The molecule has 0 aliphatic heterocycles. The van der Waals surface area contributed by atoms with Crippen LogP contribution in [0.15, 0.2) is 51.9 Å². The molecule has 0 spiro atoms. The highest BCUT2D eigenvalue weighted by atomic mass is 32.2. The Kier molecular flexibility index (Phi) is 6.54. The molecule has 0 unspecified atom stereocenters. The van der Waals surface area contributed by atoms with Crippen molar-refractivity contribution < 1.29 is 17.1 Å². The number of hydrogen-bond donors (Lipinski definition) is 2. The maximum Gasteiger partial charge on any atom is 0.270 e. The van der Waals surface area contributed by atoms with Crippen molar-refractivity contribution in [1.29, 1.82) is 0 Å². The van der Waals surface area contributed by atoms with E-state index in [0.717, 1.165) is 22.8 Å². The van der Waals surface area contributed by atoms with Crippen molar-refractivity contribution in [2.45, 2.75) is 37.5 Å². The second-order valence-corrected chi connectivity index (χ2v) is 11.2. The van der Waals surface area contributed by atoms with E-state index in [9.17, 15) is 8.42 Å². The summed E-state index contributed by atoms with van der Waals surface area (Å²) in [5.41, 5.74) is 7.51. The van der Waals surface area contributed by atoms with E-state index in [1.807, 2.05) is 12.1 Å². The van der Waals surface area contributed by atoms with Gasteiger partial charge >= 0.3 is 0 Å². The molecule has 0 saturated heterocycles. The number of sulfone groups is 1. The second kappa shape index (κ2) is 9.38. The number of nitrogens with zero attached hydrogens (tertiary/aromatic N) is 4. The summed E-state index contributed by atoms with van der Waals surface area (Å²) in [6.45, 7) is 7.03. The standard InChI is InChI=1S/C22H24N6O3S2.3H2/c1-4-24-11-15-7-10-18(32-15)21-27-28-22(31-21)19-20(23)25-12-17(26-19)14-5-8-16(9-6-14)33(29,30)13(2)3;;;/h5-10,12-13,24H,4,11H2,1-3H3,(H2,23,25);3*1H. The average Bonchev–Trinajstić information content (AvgIpc) is 3.48. The molecule has 0 atom stereocenters. The molecule has 3 heterocycles. The van der Waals surface area contributed by atoms with Crippen molar-refractivity contribution in [3.05, 3.63) is 47.5 Å². The molecule has 11 heteroatoms. The van der Waals surface area contributed by atoms with Crippen LogP contribution in [0.4, 0.5) is 5.82 Å². The SMILES string of the molecule is CCNCc1ccc(-c2nnc(-c3nc(-c4ccc(S(=O)(=O)C(C)C)cc4)cnc3N)o2)s1.[HH].[HH].[HH]. The molecule has 0 radical (unpaired) electrons. The van der Waals surface area contributed by atoms with E-state index in [4.69, 9.17) is 10.2 Å². The van der Waals surface area contributed by atoms with Crippen LogP contribution in [0, 0.1) is 0 Å². The Bertz CT molecular complexity index is 1380. The minimum Gasteiger partial charge on any atom is -0.414 e. The van der Waals surface area contributed by atoms with Crippen LogP contribution in [-0.4, -0.2) is 40.4 Å². The molecule has 0 bridgehead atoms. The van der Waals surface area contributed by atoms with E-state index in [1.165, 1.54) is 6.20 Å². The predicted molar refractivity (Wildman–Crippen MR) is 135 cm³/mol. The lowest BCUT2D eigenvalue weighted by atomic mass is 10.1. The summed E-state index contributed by atoms with van der Waals surface area (Å²) in [6, 6.07) is 10.5. The topological polar surface area (TPSA) is 137 Å². The van der Waals surface area contributed by atoms with Crippen LogP contribution < -0.4 is 11.1 Å². The largest absolute Gasteiger partial charge is 0.414 e. The first-order valence-electron chi connectivity index (χ1n) is 10.4. The van der Waals surface area contributed by atoms with Gasteiger partial charge in [0, 0.05) is 21.3 Å². The molecule has 3 aromatic heterocycles. The smallest absolute Gasteiger partial charge is 0.270 e. The molecular formula is C22H30N6O3S2. The van der Waals surface area contributed by atoms with Gasteiger partial charge in [-0.3, -0.25) is 0 Å². The normalized spacial score (nSPS) is 11.9. The summed E-state index contributed by atoms with van der Waals surface area (Å²) in [5.74, 6) is 0.706. The van der Waals surface area contributed by atoms with Crippen molar-refractivity contribution in [3.63, 3.8) is 0 Å². The van der Waals surface area contributed by atoms with Gasteiger partial charge in [-0.1, -0.05) is 19.1 Å². The minimum absolute atomic E-state index is 0. The molecule has 0 amide bonds. The first kappa shape index (κ1) is 23.0. The van der Waals surface area contributed by atoms with Gasteiger partial charge in [0.15, 0.2) is 21.3 Å². The van der Waals surface area contributed by atoms with Crippen LogP contribution in [-0.2, 0) is 16.4 Å². The first-order valence-corrected chi connectivity index (χ1v) is 12.8. The molecule has 1 aromatic carbocycles. The number of anilines is 1. The van der Waals surface area contributed by atoms with Crippen LogP contribution in [0.5, 0.6) is 0 Å². The Hall–Kier alpha value is -3.15. The van der Waals surface area contributed by atoms with E-state index in [1.54, 1.807) is 49.4 Å². The summed E-state index contributed by atoms with van der Waals surface area (Å²) in [7, 11) is -3.35. The third-order valence-corrected chi connectivity index (χ3v) is 8.19. The number of benzene rings is 1. The van der Waals surface area contributed by atoms with Crippen LogP contribution in [0.2, 0.25) is 0 Å². The van der Waals surface area contributed by atoms with Crippen molar-refractivity contribution >= 4 is 27.0 Å². The molecule has 3 N–H and O–H groups in total. The van der Waals surface area contributed by atoms with Gasteiger partial charge in [0.2, 0.25) is 0 Å². The number of aromatic nitrogens is 4. The first-order chi connectivity index (χ1) is 15.8. The molecular weight excluding hydrogens is 460 g/mol. The lowest BCUT2D eigenvalue weighted by molar-refractivity contribution is 0.583. The van der Waals surface area contributed by atoms with Gasteiger partial charge in [-0.15, -0.1) is 21.5 Å². The molecule has 33 heavy (non-hydrogen) atoms. The molecule has 0 fully saturated rings. The summed E-state index contributed by atoms with van der Waals surface area (Å²) in [5, 5.41) is 11.0. The molecule has 0 aliphatic rings. The third-order valence-electron chi connectivity index (χ3n) is 4.95. The molecule has 0 saturated carbocycles. The van der Waals surface area contributed by atoms with E-state index in [2.05, 4.69) is 32.4 Å². The fourth-order valence-electron chi connectivity index (χ4n) is 3.04. The van der Waals surface area contributed by atoms with Crippen LogP contribution >= 0.6 is 11.3 Å². The fraction of sp³-hybridized carbons (Fsp3) is 0.273. The summed E-state index contributed by atoms with van der Waals surface area (Å²) < 4.78 is 30.6. The van der Waals surface area contributed by atoms with E-state index in [-0.39, 0.29) is 26.6 Å². The predicted octanol–water partition coefficient (Wildman–Crippen LogP) is 4.53. The van der Waals surface area contributed by atoms with Crippen LogP contribution in [0.3, 0.4) is 0 Å². The van der Waals surface area contributed by atoms with Gasteiger partial charge < -0.3 is 15.5 Å². The lowest BCUT2D eigenvalue weighted by Crippen LogP contribution is -2.13. The minimum atomic E-state index is -3.35. The zero-order valence-corrected chi connectivity index (χ0v) is 20.1. The maximum absolute atomic E-state index is 12.4. The second-order valence-electron chi connectivity index (χ2n) is 7.57. The van der Waals surface area contributed by atoms with Crippen molar-refractivity contribution in [2.75, 3.05) is 12.3 Å². The van der Waals surface area contributed by atoms with Gasteiger partial charge in [0.05, 0.1) is 26.9 Å². The number of nitrogen functional groups attached to an aromatic ring is 1. The van der Waals surface area contributed by atoms with E-state index >= 15 is 0 Å². The Morgan fingerprint density at radius 1 is 1.12 bits per heavy atom. The van der Waals surface area contributed by atoms with Crippen molar-refractivity contribution in [2.24, 2.45) is 0 Å². The third kappa shape index (κ3) is 4.80. The van der Waals surface area contributed by atoms with Gasteiger partial charge in [0.1, 0.15) is 0 Å². The number of rotatable bonds is 8. The molecule has 4 aromatic rings. The Labute approximate surface area is 200 Å². The quantitative estimate of drug-likeness (QED) is 0.365. The molecule has 178 valence electrons. The number of nitrogens with two attached hydrogens (primary N) is 1. The summed E-state index contributed by atoms with van der Waals surface area (Å²) in [6.07, 6.45) is 1.52. The monoisotopic (exact) mass is 490 g/mol. The highest BCUT2D eigenvalue weighted by Crippen LogP contribution is 2.31. The van der Waals surface area contributed by atoms with Gasteiger partial charge in [-0.05, 0) is 44.7 Å². The van der Waals surface area contributed by atoms with Crippen molar-refractivity contribution in [3.8, 4) is 33.6 Å². The van der Waals surface area contributed by atoms with Gasteiger partial charge in [-0.25, -0.2) is 18.4 Å². The average molecular weight is 491 g/mol. The Morgan fingerprint density at radius 2 is 1.85 bits per heavy atom. The van der Waals surface area contributed by atoms with Gasteiger partial charge in [0.25, 0.3) is 11.8 Å². The van der Waals surface area contributed by atoms with Crippen LogP contribution in [0.1, 0.15) is 29.9 Å². The Balaban J connectivity index is 0.00000216.